The second kappa shape index (κ2) is 8.45. The normalized spacial score (nSPS) is 14.9. The number of nitrogens with zero attached hydrogens (tertiary/aromatic N) is 3. The lowest BCUT2D eigenvalue weighted by Crippen LogP contribution is -2.49. The summed E-state index contributed by atoms with van der Waals surface area (Å²) in [5.41, 5.74) is 1.86. The van der Waals surface area contributed by atoms with Crippen LogP contribution in [0.5, 0.6) is 5.75 Å². The Morgan fingerprint density at radius 1 is 1.14 bits per heavy atom. The van der Waals surface area contributed by atoms with E-state index in [-0.39, 0.29) is 16.9 Å². The molecule has 0 aliphatic carbocycles. The summed E-state index contributed by atoms with van der Waals surface area (Å²) in [6, 6.07) is 9.24. The molecule has 0 bridgehead atoms. The molecule has 1 fully saturated rings. The highest BCUT2D eigenvalue weighted by molar-refractivity contribution is 5.97. The van der Waals surface area contributed by atoms with Crippen LogP contribution < -0.4 is 10.2 Å². The van der Waals surface area contributed by atoms with E-state index < -0.39 is 0 Å². The highest BCUT2D eigenvalue weighted by Crippen LogP contribution is 2.17. The lowest BCUT2D eigenvalue weighted by atomic mass is 10.1. The molecular formula is C22H24N4O3. The van der Waals surface area contributed by atoms with Crippen LogP contribution in [0.3, 0.4) is 0 Å². The van der Waals surface area contributed by atoms with Crippen molar-refractivity contribution in [2.24, 2.45) is 0 Å². The van der Waals surface area contributed by atoms with Crippen molar-refractivity contribution in [3.63, 3.8) is 0 Å². The Morgan fingerprint density at radius 2 is 1.90 bits per heavy atom. The van der Waals surface area contributed by atoms with Crippen molar-refractivity contribution in [2.75, 3.05) is 39.8 Å². The van der Waals surface area contributed by atoms with Crippen molar-refractivity contribution in [1.82, 2.24) is 19.8 Å². The van der Waals surface area contributed by atoms with Gasteiger partial charge in [0.25, 0.3) is 5.91 Å². The molecule has 150 valence electrons. The summed E-state index contributed by atoms with van der Waals surface area (Å²) in [5.74, 6) is 0.452. The number of aromatic amines is 1. The van der Waals surface area contributed by atoms with Crippen LogP contribution in [0.25, 0.3) is 10.9 Å². The lowest BCUT2D eigenvalue weighted by molar-refractivity contribution is 0.0637. The van der Waals surface area contributed by atoms with Crippen LogP contribution in [-0.2, 0) is 6.42 Å². The Labute approximate surface area is 168 Å². The molecule has 0 unspecified atom stereocenters. The summed E-state index contributed by atoms with van der Waals surface area (Å²) in [4.78, 5) is 37.0. The molecule has 0 saturated carbocycles. The van der Waals surface area contributed by atoms with Gasteiger partial charge in [-0.1, -0.05) is 0 Å². The molecule has 7 nitrogen and oxygen atoms in total. The summed E-state index contributed by atoms with van der Waals surface area (Å²) >= 11 is 0. The van der Waals surface area contributed by atoms with Gasteiger partial charge in [-0.25, -0.2) is 0 Å². The summed E-state index contributed by atoms with van der Waals surface area (Å²) in [5, 5.41) is 0.493. The second-order valence-corrected chi connectivity index (χ2v) is 7.18. The van der Waals surface area contributed by atoms with E-state index in [2.05, 4.69) is 14.9 Å². The number of amides is 1. The number of pyridine rings is 2. The number of nitrogens with one attached hydrogen (secondary N) is 1. The van der Waals surface area contributed by atoms with Crippen LogP contribution in [0, 0.1) is 0 Å². The zero-order valence-electron chi connectivity index (χ0n) is 16.4. The third-order valence-electron chi connectivity index (χ3n) is 5.44. The van der Waals surface area contributed by atoms with Crippen LogP contribution in [0.1, 0.15) is 15.9 Å². The average Bonchev–Trinajstić information content (AvgIpc) is 2.78. The Balaban J connectivity index is 1.40. The number of hydrogen-bond acceptors (Lipinski definition) is 5. The minimum absolute atomic E-state index is 0.188. The SMILES string of the molecule is COc1ccc2c(=O)c(C(=O)N3CCN(CCc4ccncc4)CC3)c[nH]c2c1. The summed E-state index contributed by atoms with van der Waals surface area (Å²) in [7, 11) is 1.58. The highest BCUT2D eigenvalue weighted by Gasteiger charge is 2.24. The standard InChI is InChI=1S/C22H24N4O3/c1-29-17-2-3-18-20(14-17)24-15-19(21(18)27)22(28)26-12-10-25(11-13-26)9-6-16-4-7-23-8-5-16/h2-5,7-8,14-15H,6,9-13H2,1H3,(H,24,27). The molecule has 1 aromatic carbocycles. The van der Waals surface area contributed by atoms with Gasteiger partial charge < -0.3 is 14.6 Å². The molecular weight excluding hydrogens is 368 g/mol. The van der Waals surface area contributed by atoms with E-state index in [9.17, 15) is 9.59 Å². The summed E-state index contributed by atoms with van der Waals surface area (Å²) < 4.78 is 5.19. The molecule has 0 atom stereocenters. The smallest absolute Gasteiger partial charge is 0.259 e. The average molecular weight is 392 g/mol. The first-order chi connectivity index (χ1) is 14.2. The number of benzene rings is 1. The van der Waals surface area contributed by atoms with Gasteiger partial charge in [-0.15, -0.1) is 0 Å². The van der Waals surface area contributed by atoms with Gasteiger partial charge in [-0.05, 0) is 36.2 Å². The molecule has 7 heteroatoms. The fourth-order valence-electron chi connectivity index (χ4n) is 3.67. The first-order valence-corrected chi connectivity index (χ1v) is 9.75. The number of piperazine rings is 1. The molecule has 1 aliphatic heterocycles. The second-order valence-electron chi connectivity index (χ2n) is 7.18. The van der Waals surface area contributed by atoms with Crippen molar-refractivity contribution < 1.29 is 9.53 Å². The third-order valence-corrected chi connectivity index (χ3v) is 5.44. The van der Waals surface area contributed by atoms with Crippen LogP contribution >= 0.6 is 0 Å². The van der Waals surface area contributed by atoms with Crippen LogP contribution in [0.15, 0.2) is 53.7 Å². The largest absolute Gasteiger partial charge is 0.497 e. The zero-order chi connectivity index (χ0) is 20.2. The Kier molecular flexibility index (Phi) is 5.57. The van der Waals surface area contributed by atoms with E-state index in [1.807, 2.05) is 24.5 Å². The Bertz CT molecular complexity index is 1060. The number of H-pyrrole nitrogens is 1. The molecule has 1 saturated heterocycles. The van der Waals surface area contributed by atoms with Crippen molar-refractivity contribution in [2.45, 2.75) is 6.42 Å². The minimum Gasteiger partial charge on any atom is -0.497 e. The first kappa shape index (κ1) is 19.1. The van der Waals surface area contributed by atoms with E-state index in [1.54, 1.807) is 30.2 Å². The molecule has 1 N–H and O–H groups in total. The van der Waals surface area contributed by atoms with Gasteiger partial charge in [-0.3, -0.25) is 19.5 Å². The maximum absolute atomic E-state index is 12.9. The third kappa shape index (κ3) is 4.14. The van der Waals surface area contributed by atoms with Gasteiger partial charge in [0.1, 0.15) is 11.3 Å². The number of methoxy groups -OCH3 is 1. The highest BCUT2D eigenvalue weighted by atomic mass is 16.5. The van der Waals surface area contributed by atoms with E-state index >= 15 is 0 Å². The van der Waals surface area contributed by atoms with Crippen molar-refractivity contribution in [1.29, 1.82) is 0 Å². The molecule has 0 radical (unpaired) electrons. The lowest BCUT2D eigenvalue weighted by Gasteiger charge is -2.34. The molecule has 2 aromatic heterocycles. The van der Waals surface area contributed by atoms with Gasteiger partial charge in [0.05, 0.1) is 12.6 Å². The molecule has 1 aliphatic rings. The maximum Gasteiger partial charge on any atom is 0.259 e. The number of fused-ring (bicyclic) bond motifs is 1. The monoisotopic (exact) mass is 392 g/mol. The van der Waals surface area contributed by atoms with E-state index in [0.29, 0.717) is 29.7 Å². The number of rotatable bonds is 5. The van der Waals surface area contributed by atoms with Gasteiger partial charge in [0, 0.05) is 62.8 Å². The number of carbonyl (C=O) groups is 1. The van der Waals surface area contributed by atoms with Crippen molar-refractivity contribution >= 4 is 16.8 Å². The van der Waals surface area contributed by atoms with Crippen molar-refractivity contribution in [3.8, 4) is 5.75 Å². The maximum atomic E-state index is 12.9. The van der Waals surface area contributed by atoms with Crippen LogP contribution in [0.4, 0.5) is 0 Å². The Hall–Kier alpha value is -3.19. The number of carbonyl (C=O) groups excluding carboxylic acids is 1. The van der Waals surface area contributed by atoms with Crippen molar-refractivity contribution in [3.05, 3.63) is 70.3 Å². The van der Waals surface area contributed by atoms with E-state index in [4.69, 9.17) is 4.74 Å². The van der Waals surface area contributed by atoms with Gasteiger partial charge in [-0.2, -0.15) is 0 Å². The number of ether oxygens (including phenoxy) is 1. The topological polar surface area (TPSA) is 78.5 Å². The zero-order valence-corrected chi connectivity index (χ0v) is 16.4. The summed E-state index contributed by atoms with van der Waals surface area (Å²) in [6.07, 6.45) is 6.10. The Morgan fingerprint density at radius 3 is 2.62 bits per heavy atom. The first-order valence-electron chi connectivity index (χ1n) is 9.75. The molecule has 1 amide bonds. The predicted octanol–water partition coefficient (Wildman–Crippen LogP) is 1.93. The molecule has 4 rings (SSSR count). The van der Waals surface area contributed by atoms with Crippen LogP contribution in [0.2, 0.25) is 0 Å². The quantitative estimate of drug-likeness (QED) is 0.718. The molecule has 3 aromatic rings. The van der Waals surface area contributed by atoms with E-state index in [0.717, 1.165) is 26.1 Å². The fraction of sp³-hybridized carbons (Fsp3) is 0.318. The fourth-order valence-corrected chi connectivity index (χ4v) is 3.67. The van der Waals surface area contributed by atoms with Gasteiger partial charge in [0.15, 0.2) is 0 Å². The van der Waals surface area contributed by atoms with Gasteiger partial charge in [0.2, 0.25) is 5.43 Å². The minimum atomic E-state index is -0.244. The van der Waals surface area contributed by atoms with Gasteiger partial charge >= 0.3 is 0 Å². The number of aromatic nitrogens is 2. The van der Waals surface area contributed by atoms with E-state index in [1.165, 1.54) is 11.8 Å². The molecule has 0 spiro atoms. The predicted molar refractivity (Wildman–Crippen MR) is 111 cm³/mol. The summed E-state index contributed by atoms with van der Waals surface area (Å²) in [6.45, 7) is 3.80. The number of hydrogen-bond donors (Lipinski definition) is 1. The van der Waals surface area contributed by atoms with Crippen LogP contribution in [-0.4, -0.2) is 65.5 Å². The molecule has 29 heavy (non-hydrogen) atoms. The molecule has 3 heterocycles.